The van der Waals surface area contributed by atoms with Crippen LogP contribution in [0.1, 0.15) is 11.1 Å². The van der Waals surface area contributed by atoms with Gasteiger partial charge in [0.05, 0.1) is 15.3 Å². The Morgan fingerprint density at radius 1 is 1.14 bits per heavy atom. The molecule has 4 rings (SSSR count). The van der Waals surface area contributed by atoms with E-state index < -0.39 is 0 Å². The minimum Gasteiger partial charge on any atom is -0.366 e. The monoisotopic (exact) mass is 501 g/mol. The molecule has 140 valence electrons. The third-order valence-electron chi connectivity index (χ3n) is 4.11. The number of halogens is 3. The standard InChI is InChI=1S/C20H14Br2FN5/c21-18(22)8-14-12-26-28-19(25-11-13-4-3-7-24-10-13)9-17(27-20(14)28)15-5-1-2-6-16(15)23/h1-10,12,25H,11H2. The van der Waals surface area contributed by atoms with Crippen LogP contribution >= 0.6 is 31.9 Å². The van der Waals surface area contributed by atoms with Crippen LogP contribution in [0.25, 0.3) is 23.0 Å². The van der Waals surface area contributed by atoms with E-state index in [2.05, 4.69) is 52.2 Å². The zero-order valence-corrected chi connectivity index (χ0v) is 17.7. The number of nitrogens with one attached hydrogen (secondary N) is 1. The first-order valence-electron chi connectivity index (χ1n) is 8.41. The Morgan fingerprint density at radius 3 is 2.75 bits per heavy atom. The molecule has 0 amide bonds. The van der Waals surface area contributed by atoms with Crippen molar-refractivity contribution in [1.29, 1.82) is 0 Å². The van der Waals surface area contributed by atoms with Gasteiger partial charge in [0.1, 0.15) is 11.6 Å². The average Bonchev–Trinajstić information content (AvgIpc) is 3.09. The van der Waals surface area contributed by atoms with Gasteiger partial charge in [0, 0.05) is 36.1 Å². The van der Waals surface area contributed by atoms with Gasteiger partial charge < -0.3 is 5.32 Å². The molecule has 0 spiro atoms. The maximum Gasteiger partial charge on any atom is 0.165 e. The summed E-state index contributed by atoms with van der Waals surface area (Å²) in [4.78, 5) is 8.79. The fourth-order valence-corrected chi connectivity index (χ4v) is 3.32. The van der Waals surface area contributed by atoms with E-state index in [0.29, 0.717) is 29.3 Å². The highest BCUT2D eigenvalue weighted by atomic mass is 79.9. The van der Waals surface area contributed by atoms with Crippen molar-refractivity contribution in [2.75, 3.05) is 5.32 Å². The molecule has 3 heterocycles. The molecule has 0 saturated carbocycles. The van der Waals surface area contributed by atoms with Crippen molar-refractivity contribution in [2.45, 2.75) is 6.54 Å². The number of hydrogen-bond donors (Lipinski definition) is 1. The summed E-state index contributed by atoms with van der Waals surface area (Å²) < 4.78 is 16.8. The summed E-state index contributed by atoms with van der Waals surface area (Å²) in [5.74, 6) is 0.383. The Balaban J connectivity index is 1.83. The molecule has 0 saturated heterocycles. The number of hydrogen-bond acceptors (Lipinski definition) is 4. The maximum atomic E-state index is 14.4. The molecule has 1 aromatic carbocycles. The van der Waals surface area contributed by atoms with Crippen molar-refractivity contribution in [3.8, 4) is 11.3 Å². The summed E-state index contributed by atoms with van der Waals surface area (Å²) in [5.41, 5.74) is 3.40. The predicted molar refractivity (Wildman–Crippen MR) is 116 cm³/mol. The normalized spacial score (nSPS) is 10.8. The molecule has 0 bridgehead atoms. The van der Waals surface area contributed by atoms with Crippen molar-refractivity contribution in [1.82, 2.24) is 19.6 Å². The highest BCUT2D eigenvalue weighted by Crippen LogP contribution is 2.28. The largest absolute Gasteiger partial charge is 0.366 e. The summed E-state index contributed by atoms with van der Waals surface area (Å²) in [6.45, 7) is 0.552. The lowest BCUT2D eigenvalue weighted by Gasteiger charge is -2.11. The van der Waals surface area contributed by atoms with Gasteiger partial charge in [-0.15, -0.1) is 0 Å². The number of fused-ring (bicyclic) bond motifs is 1. The van der Waals surface area contributed by atoms with Gasteiger partial charge in [0.25, 0.3) is 0 Å². The first-order valence-corrected chi connectivity index (χ1v) is 9.99. The van der Waals surface area contributed by atoms with E-state index in [0.717, 1.165) is 14.5 Å². The summed E-state index contributed by atoms with van der Waals surface area (Å²) >= 11 is 6.73. The zero-order valence-electron chi connectivity index (χ0n) is 14.5. The Morgan fingerprint density at radius 2 is 2.00 bits per heavy atom. The van der Waals surface area contributed by atoms with Crippen molar-refractivity contribution in [2.24, 2.45) is 0 Å². The third-order valence-corrected chi connectivity index (χ3v) is 4.57. The van der Waals surface area contributed by atoms with Crippen LogP contribution in [0.15, 0.2) is 64.4 Å². The Bertz CT molecular complexity index is 1150. The highest BCUT2D eigenvalue weighted by Gasteiger charge is 2.14. The van der Waals surface area contributed by atoms with Crippen molar-refractivity contribution in [3.63, 3.8) is 0 Å². The molecule has 8 heteroatoms. The van der Waals surface area contributed by atoms with Crippen LogP contribution in [0.4, 0.5) is 10.2 Å². The third kappa shape index (κ3) is 3.98. The van der Waals surface area contributed by atoms with Gasteiger partial charge in [-0.1, -0.05) is 18.2 Å². The molecule has 4 aromatic rings. The minimum atomic E-state index is -0.323. The Hall–Kier alpha value is -2.58. The van der Waals surface area contributed by atoms with Crippen molar-refractivity contribution in [3.05, 3.63) is 81.4 Å². The molecule has 1 N–H and O–H groups in total. The van der Waals surface area contributed by atoms with Crippen LogP contribution in [-0.2, 0) is 6.54 Å². The molecular weight excluding hydrogens is 489 g/mol. The molecule has 28 heavy (non-hydrogen) atoms. The maximum absolute atomic E-state index is 14.4. The van der Waals surface area contributed by atoms with Gasteiger partial charge in [0.15, 0.2) is 5.65 Å². The number of nitrogens with zero attached hydrogens (tertiary/aromatic N) is 4. The minimum absolute atomic E-state index is 0.323. The van der Waals surface area contributed by atoms with Crippen molar-refractivity contribution >= 4 is 49.4 Å². The number of rotatable bonds is 5. The van der Waals surface area contributed by atoms with Crippen LogP contribution < -0.4 is 5.32 Å². The molecule has 0 atom stereocenters. The van der Waals surface area contributed by atoms with Crippen LogP contribution in [0.5, 0.6) is 0 Å². The quantitative estimate of drug-likeness (QED) is 0.384. The molecule has 3 aromatic heterocycles. The lowest BCUT2D eigenvalue weighted by atomic mass is 10.1. The average molecular weight is 503 g/mol. The molecule has 5 nitrogen and oxygen atoms in total. The van der Waals surface area contributed by atoms with Crippen LogP contribution in [0.3, 0.4) is 0 Å². The summed E-state index contributed by atoms with van der Waals surface area (Å²) in [5, 5.41) is 7.79. The molecule has 0 aliphatic carbocycles. The predicted octanol–water partition coefficient (Wildman–Crippen LogP) is 5.63. The van der Waals surface area contributed by atoms with Gasteiger partial charge in [0.2, 0.25) is 0 Å². The van der Waals surface area contributed by atoms with Gasteiger partial charge in [-0.05, 0) is 61.7 Å². The number of pyridine rings is 1. The fourth-order valence-electron chi connectivity index (χ4n) is 2.83. The molecule has 0 aliphatic heterocycles. The van der Waals surface area contributed by atoms with E-state index in [1.165, 1.54) is 6.07 Å². The topological polar surface area (TPSA) is 55.1 Å². The number of aromatic nitrogens is 4. The molecule has 0 radical (unpaired) electrons. The van der Waals surface area contributed by atoms with E-state index >= 15 is 0 Å². The first-order chi connectivity index (χ1) is 13.6. The zero-order chi connectivity index (χ0) is 19.5. The second kappa shape index (κ2) is 8.20. The summed E-state index contributed by atoms with van der Waals surface area (Å²) in [6, 6.07) is 12.3. The van der Waals surface area contributed by atoms with Gasteiger partial charge in [-0.25, -0.2) is 9.37 Å². The lowest BCUT2D eigenvalue weighted by molar-refractivity contribution is 0.630. The summed E-state index contributed by atoms with van der Waals surface area (Å²) in [6.07, 6.45) is 7.09. The van der Waals surface area contributed by atoms with E-state index in [9.17, 15) is 4.39 Å². The molecular formula is C20H14Br2FN5. The second-order valence-electron chi connectivity index (χ2n) is 5.99. The SMILES string of the molecule is Fc1ccccc1-c1cc(NCc2cccnc2)n2ncc(C=C(Br)Br)c2n1. The van der Waals surface area contributed by atoms with E-state index in [1.54, 1.807) is 47.4 Å². The number of benzene rings is 1. The first kappa shape index (κ1) is 18.8. The van der Waals surface area contributed by atoms with Gasteiger partial charge in [-0.3, -0.25) is 4.98 Å². The van der Waals surface area contributed by atoms with Gasteiger partial charge in [-0.2, -0.15) is 9.61 Å². The molecule has 0 fully saturated rings. The second-order valence-corrected chi connectivity index (χ2v) is 8.76. The van der Waals surface area contributed by atoms with E-state index in [4.69, 9.17) is 0 Å². The van der Waals surface area contributed by atoms with Crippen molar-refractivity contribution < 1.29 is 4.39 Å². The number of anilines is 1. The van der Waals surface area contributed by atoms with Crippen LogP contribution in [0.2, 0.25) is 0 Å². The van der Waals surface area contributed by atoms with E-state index in [1.807, 2.05) is 18.2 Å². The van der Waals surface area contributed by atoms with Crippen LogP contribution in [0, 0.1) is 5.82 Å². The highest BCUT2D eigenvalue weighted by molar-refractivity contribution is 9.28. The molecule has 0 aliphatic rings. The Labute approximate surface area is 177 Å². The molecule has 0 unspecified atom stereocenters. The van der Waals surface area contributed by atoms with Gasteiger partial charge >= 0.3 is 0 Å². The van der Waals surface area contributed by atoms with E-state index in [-0.39, 0.29) is 5.82 Å². The smallest absolute Gasteiger partial charge is 0.165 e. The summed E-state index contributed by atoms with van der Waals surface area (Å²) in [7, 11) is 0. The fraction of sp³-hybridized carbons (Fsp3) is 0.0500. The Kier molecular flexibility index (Phi) is 5.50. The lowest BCUT2D eigenvalue weighted by Crippen LogP contribution is -2.07. The van der Waals surface area contributed by atoms with Crippen LogP contribution in [-0.4, -0.2) is 19.6 Å².